The molecule has 0 aromatic heterocycles. The zero-order valence-corrected chi connectivity index (χ0v) is 15.2. The van der Waals surface area contributed by atoms with Gasteiger partial charge in [-0.05, 0) is 51.0 Å². The van der Waals surface area contributed by atoms with E-state index < -0.39 is 0 Å². The number of hydrogen-bond donors (Lipinski definition) is 1. The average Bonchev–Trinajstić information content (AvgIpc) is 2.95. The molecule has 0 bridgehead atoms. The van der Waals surface area contributed by atoms with Crippen LogP contribution in [0.1, 0.15) is 26.2 Å². The lowest BCUT2D eigenvalue weighted by Crippen LogP contribution is -2.61. The van der Waals surface area contributed by atoms with Crippen LogP contribution in [-0.4, -0.2) is 72.1 Å². The standard InChI is InChI=1S/C20H30N4O/c1-2-10-22-11-8-18(9-12-22)24-14-16-13-23(15-19(16)24)20(25)21-17-6-4-3-5-7-17/h3-7,16,18-19H,2,8-15H2,1H3,(H,21,25)/t16-,19-/m1/s1. The molecule has 3 aliphatic rings. The van der Waals surface area contributed by atoms with Gasteiger partial charge in [-0.2, -0.15) is 0 Å². The summed E-state index contributed by atoms with van der Waals surface area (Å²) in [6, 6.07) is 11.1. The maximum atomic E-state index is 12.5. The Balaban J connectivity index is 1.27. The first-order chi connectivity index (χ1) is 12.2. The van der Waals surface area contributed by atoms with Gasteiger partial charge in [0.05, 0.1) is 0 Å². The fourth-order valence-corrected chi connectivity index (χ4v) is 4.78. The van der Waals surface area contributed by atoms with E-state index in [0.29, 0.717) is 12.0 Å². The molecule has 5 heteroatoms. The molecule has 3 fully saturated rings. The van der Waals surface area contributed by atoms with Gasteiger partial charge in [0, 0.05) is 43.3 Å². The summed E-state index contributed by atoms with van der Waals surface area (Å²) in [7, 11) is 0. The van der Waals surface area contributed by atoms with Crippen LogP contribution in [0.25, 0.3) is 0 Å². The summed E-state index contributed by atoms with van der Waals surface area (Å²) >= 11 is 0. The maximum Gasteiger partial charge on any atom is 0.321 e. The number of para-hydroxylation sites is 1. The molecule has 3 heterocycles. The van der Waals surface area contributed by atoms with Crippen molar-refractivity contribution in [3.8, 4) is 0 Å². The Kier molecular flexibility index (Phi) is 4.95. The second-order valence-corrected chi connectivity index (χ2v) is 7.80. The Hall–Kier alpha value is -1.59. The molecule has 0 unspecified atom stereocenters. The number of rotatable bonds is 4. The zero-order chi connectivity index (χ0) is 17.2. The molecule has 0 saturated carbocycles. The fraction of sp³-hybridized carbons (Fsp3) is 0.650. The van der Waals surface area contributed by atoms with Gasteiger partial charge in [-0.3, -0.25) is 4.90 Å². The average molecular weight is 342 g/mol. The highest BCUT2D eigenvalue weighted by Gasteiger charge is 2.49. The Morgan fingerprint density at radius 2 is 1.88 bits per heavy atom. The van der Waals surface area contributed by atoms with Crippen molar-refractivity contribution >= 4 is 11.7 Å². The van der Waals surface area contributed by atoms with Crippen molar-refractivity contribution in [1.29, 1.82) is 0 Å². The topological polar surface area (TPSA) is 38.8 Å². The first-order valence-electron chi connectivity index (χ1n) is 9.83. The van der Waals surface area contributed by atoms with Crippen molar-refractivity contribution in [3.05, 3.63) is 30.3 Å². The van der Waals surface area contributed by atoms with E-state index in [4.69, 9.17) is 0 Å². The highest BCUT2D eigenvalue weighted by Crippen LogP contribution is 2.36. The summed E-state index contributed by atoms with van der Waals surface area (Å²) in [6.45, 7) is 8.96. The number of anilines is 1. The molecule has 1 aromatic rings. The molecule has 0 spiro atoms. The quantitative estimate of drug-likeness (QED) is 0.914. The Bertz CT molecular complexity index is 585. The van der Waals surface area contributed by atoms with Crippen molar-refractivity contribution in [3.63, 3.8) is 0 Å². The second kappa shape index (κ2) is 7.34. The summed E-state index contributed by atoms with van der Waals surface area (Å²) in [4.78, 5) is 19.8. The van der Waals surface area contributed by atoms with Crippen molar-refractivity contribution < 1.29 is 4.79 Å². The molecule has 3 saturated heterocycles. The largest absolute Gasteiger partial charge is 0.323 e. The summed E-state index contributed by atoms with van der Waals surface area (Å²) in [5.74, 6) is 0.676. The predicted octanol–water partition coefficient (Wildman–Crippen LogP) is 2.71. The van der Waals surface area contributed by atoms with Crippen LogP contribution in [-0.2, 0) is 0 Å². The minimum atomic E-state index is 0.0540. The van der Waals surface area contributed by atoms with Gasteiger partial charge in [-0.1, -0.05) is 25.1 Å². The molecule has 2 amide bonds. The molecule has 136 valence electrons. The molecule has 0 radical (unpaired) electrons. The van der Waals surface area contributed by atoms with Crippen LogP contribution >= 0.6 is 0 Å². The normalized spacial score (nSPS) is 27.8. The van der Waals surface area contributed by atoms with E-state index in [9.17, 15) is 4.79 Å². The van der Waals surface area contributed by atoms with Gasteiger partial charge in [0.25, 0.3) is 0 Å². The van der Waals surface area contributed by atoms with Crippen molar-refractivity contribution in [2.24, 2.45) is 5.92 Å². The van der Waals surface area contributed by atoms with Crippen LogP contribution < -0.4 is 5.32 Å². The number of carbonyl (C=O) groups is 1. The summed E-state index contributed by atoms with van der Waals surface area (Å²) in [5, 5.41) is 3.03. The minimum absolute atomic E-state index is 0.0540. The molecular formula is C20H30N4O. The third kappa shape index (κ3) is 3.53. The number of amides is 2. The van der Waals surface area contributed by atoms with Gasteiger partial charge in [0.15, 0.2) is 0 Å². The van der Waals surface area contributed by atoms with Gasteiger partial charge >= 0.3 is 6.03 Å². The Morgan fingerprint density at radius 3 is 2.60 bits per heavy atom. The van der Waals surface area contributed by atoms with Crippen molar-refractivity contribution in [1.82, 2.24) is 14.7 Å². The molecule has 3 aliphatic heterocycles. The third-order valence-electron chi connectivity index (χ3n) is 6.16. The van der Waals surface area contributed by atoms with Gasteiger partial charge in [-0.15, -0.1) is 0 Å². The van der Waals surface area contributed by atoms with Gasteiger partial charge in [0.1, 0.15) is 0 Å². The van der Waals surface area contributed by atoms with Crippen LogP contribution in [0.4, 0.5) is 10.5 Å². The minimum Gasteiger partial charge on any atom is -0.323 e. The number of nitrogens with zero attached hydrogens (tertiary/aromatic N) is 3. The molecule has 4 rings (SSSR count). The molecular weight excluding hydrogens is 312 g/mol. The number of fused-ring (bicyclic) bond motifs is 1. The van der Waals surface area contributed by atoms with E-state index >= 15 is 0 Å². The van der Waals surface area contributed by atoms with Crippen LogP contribution in [0.3, 0.4) is 0 Å². The van der Waals surface area contributed by atoms with Crippen LogP contribution in [0.15, 0.2) is 30.3 Å². The number of urea groups is 1. The van der Waals surface area contributed by atoms with Crippen molar-refractivity contribution in [2.45, 2.75) is 38.3 Å². The third-order valence-corrected chi connectivity index (χ3v) is 6.16. The van der Waals surface area contributed by atoms with E-state index in [-0.39, 0.29) is 6.03 Å². The summed E-state index contributed by atoms with van der Waals surface area (Å²) in [6.07, 6.45) is 3.84. The predicted molar refractivity (Wildman–Crippen MR) is 101 cm³/mol. The van der Waals surface area contributed by atoms with E-state index in [1.54, 1.807) is 0 Å². The second-order valence-electron chi connectivity index (χ2n) is 7.80. The lowest BCUT2D eigenvalue weighted by atomic mass is 9.87. The molecule has 2 atom stereocenters. The van der Waals surface area contributed by atoms with Crippen molar-refractivity contribution in [2.75, 3.05) is 44.6 Å². The number of benzene rings is 1. The van der Waals surface area contributed by atoms with Crippen LogP contribution in [0, 0.1) is 5.92 Å². The number of nitrogens with one attached hydrogen (secondary N) is 1. The first-order valence-corrected chi connectivity index (χ1v) is 9.83. The number of piperidine rings is 1. The zero-order valence-electron chi connectivity index (χ0n) is 15.2. The lowest BCUT2D eigenvalue weighted by Gasteiger charge is -2.50. The van der Waals surface area contributed by atoms with Crippen LogP contribution in [0.2, 0.25) is 0 Å². The highest BCUT2D eigenvalue weighted by molar-refractivity contribution is 5.89. The maximum absolute atomic E-state index is 12.5. The number of hydrogen-bond acceptors (Lipinski definition) is 3. The van der Waals surface area contributed by atoms with E-state index in [2.05, 4.69) is 22.0 Å². The number of carbonyl (C=O) groups excluding carboxylic acids is 1. The van der Waals surface area contributed by atoms with Crippen LogP contribution in [0.5, 0.6) is 0 Å². The van der Waals surface area contributed by atoms with E-state index in [0.717, 1.165) is 24.8 Å². The summed E-state index contributed by atoms with van der Waals surface area (Å²) < 4.78 is 0. The molecule has 0 aliphatic carbocycles. The highest BCUT2D eigenvalue weighted by atomic mass is 16.2. The van der Waals surface area contributed by atoms with E-state index in [1.807, 2.05) is 35.2 Å². The smallest absolute Gasteiger partial charge is 0.321 e. The first kappa shape index (κ1) is 16.9. The molecule has 1 aromatic carbocycles. The molecule has 5 nitrogen and oxygen atoms in total. The van der Waals surface area contributed by atoms with Gasteiger partial charge < -0.3 is 15.1 Å². The van der Waals surface area contributed by atoms with Gasteiger partial charge in [-0.25, -0.2) is 4.79 Å². The lowest BCUT2D eigenvalue weighted by molar-refractivity contribution is -0.0168. The van der Waals surface area contributed by atoms with E-state index in [1.165, 1.54) is 45.4 Å². The number of likely N-dealkylation sites (tertiary alicyclic amines) is 3. The molecule has 25 heavy (non-hydrogen) atoms. The van der Waals surface area contributed by atoms with Gasteiger partial charge in [0.2, 0.25) is 0 Å². The molecule has 1 N–H and O–H groups in total. The SMILES string of the molecule is CCCN1CCC(N2C[C@H]3CN(C(=O)Nc4ccccc4)C[C@H]32)CC1. The fourth-order valence-electron chi connectivity index (χ4n) is 4.78. The Morgan fingerprint density at radius 1 is 1.12 bits per heavy atom. The summed E-state index contributed by atoms with van der Waals surface area (Å²) in [5.41, 5.74) is 0.881. The Labute approximate surface area is 151 Å². The monoisotopic (exact) mass is 342 g/mol.